The average molecular weight is 1230 g/mol. The number of primary amides is 1. The van der Waals surface area contributed by atoms with Crippen LogP contribution in [0.1, 0.15) is 114 Å². The second-order valence-electron chi connectivity index (χ2n) is 23.1. The van der Waals surface area contributed by atoms with Gasteiger partial charge in [0.2, 0.25) is 23.6 Å². The molecule has 25 nitrogen and oxygen atoms in total. The van der Waals surface area contributed by atoms with E-state index in [9.17, 15) is 53.1 Å². The van der Waals surface area contributed by atoms with E-state index in [-0.39, 0.29) is 66.9 Å². The number of carbonyl (C=O) groups excluding carboxylic acids is 10. The first-order valence-corrected chi connectivity index (χ1v) is 29.3. The van der Waals surface area contributed by atoms with Crippen molar-refractivity contribution in [1.82, 2.24) is 31.1 Å². The summed E-state index contributed by atoms with van der Waals surface area (Å²) >= 11 is 6.85. The van der Waals surface area contributed by atoms with Crippen LogP contribution >= 0.6 is 11.6 Å². The third kappa shape index (κ3) is 17.2. The molecule has 10 atom stereocenters. The number of hydrogen-bond acceptors (Lipinski definition) is 16. The quantitative estimate of drug-likeness (QED) is 0.0366. The minimum absolute atomic E-state index is 0.0414. The normalized spacial score (nSPS) is 24.9. The average Bonchev–Trinajstić information content (AvgIpc) is 1.59. The summed E-state index contributed by atoms with van der Waals surface area (Å²) < 4.78 is 29.6. The summed E-state index contributed by atoms with van der Waals surface area (Å²) in [7, 11) is 5.78. The molecule has 4 bridgehead atoms. The molecule has 0 aromatic heterocycles. The number of fused-ring (bicyclic) bond motifs is 5. The number of likely N-dealkylation sites (N-methyl/N-ethyl adjacent to an activating group) is 1. The van der Waals surface area contributed by atoms with Gasteiger partial charge >= 0.3 is 18.1 Å². The zero-order chi connectivity index (χ0) is 64.2. The van der Waals surface area contributed by atoms with Crippen LogP contribution in [0.5, 0.6) is 5.75 Å². The molecule has 0 saturated carbocycles. The first kappa shape index (κ1) is 68.2. The number of carbonyl (C=O) groups is 10. The van der Waals surface area contributed by atoms with E-state index in [1.54, 1.807) is 58.9 Å². The standard InChI is InChI=1S/C61H82ClN9O16/c1-33(2)52(67-47(72)20-13-12-14-26-71-48(73)23-24-49(71)74)55(77)66-41(18-16-25-64-58(63)80)54(76)65-40-22-21-39(28-35(40)4)56(78)69(8)37(6)57(79)86-46-31-50(75)70(9)42-29-38(30-43(83-10)51(42)62)27-34(3)17-15-19-45(84-11)61(82)32-44(85-59(81)68-61)36(5)53-60(46,7)87-53/h15,17,19,21-24,28-30,33,36-37,41,44-46,52-53,82H,12-14,16,18,20,25-27,31-32H2,1-11H3,(H,65,76)(H,66,77)(H,67,72)(H,68,81)(H3,63,64,80)/b19-15+,34-17+/t36-,37+,41+,44+,45-,46+,52+,53+,60+,61+/m1/s1. The van der Waals surface area contributed by atoms with Crippen molar-refractivity contribution < 1.29 is 76.7 Å². The zero-order valence-corrected chi connectivity index (χ0v) is 51.9. The van der Waals surface area contributed by atoms with Crippen molar-refractivity contribution in [2.24, 2.45) is 17.6 Å². The number of epoxide rings is 1. The van der Waals surface area contributed by atoms with Crippen LogP contribution in [0.2, 0.25) is 5.02 Å². The summed E-state index contributed by atoms with van der Waals surface area (Å²) in [6, 6.07) is 3.68. The van der Waals surface area contributed by atoms with Crippen LogP contribution < -0.4 is 42.0 Å². The Balaban J connectivity index is 1.16. The highest BCUT2D eigenvalue weighted by molar-refractivity contribution is 6.35. The van der Waals surface area contributed by atoms with Gasteiger partial charge in [0.1, 0.15) is 52.8 Å². The predicted molar refractivity (Wildman–Crippen MR) is 320 cm³/mol. The van der Waals surface area contributed by atoms with Gasteiger partial charge in [-0.1, -0.05) is 62.6 Å². The number of anilines is 2. The molecular formula is C61H82ClN9O16. The highest BCUT2D eigenvalue weighted by atomic mass is 35.5. The first-order valence-electron chi connectivity index (χ1n) is 29.0. The minimum atomic E-state index is -1.92. The SMILES string of the molecule is COc1cc2cc(c1Cl)N(C)C(=O)C[C@H](OC(=O)[C@H](C)N(C)C(=O)c1ccc(NC(=O)[C@H](CCCNC(N)=O)NC(=O)[C@@H](NC(=O)CCCCCN3C(=O)C=CC3=O)C(C)C)c(C)c1)[C@]1(C)O[C@H]1[C@H](C)[C@@H]1C[C@@](O)(NC(=O)O1)[C@H](OC)/C=C/C=C(\C)C2. The predicted octanol–water partition coefficient (Wildman–Crippen LogP) is 4.63. The fraction of sp³-hybridized carbons (Fsp3) is 0.541. The molecule has 26 heteroatoms. The Morgan fingerprint density at radius 1 is 0.966 bits per heavy atom. The Bertz CT molecular complexity index is 3040. The van der Waals surface area contributed by atoms with Gasteiger partial charge in [0.25, 0.3) is 17.7 Å². The lowest BCUT2D eigenvalue weighted by atomic mass is 9.83. The molecule has 4 aliphatic heterocycles. The Kier molecular flexibility index (Phi) is 23.3. The van der Waals surface area contributed by atoms with E-state index in [0.717, 1.165) is 20.9 Å². The summed E-state index contributed by atoms with van der Waals surface area (Å²) in [6.45, 7) is 12.2. The molecule has 474 valence electrons. The Morgan fingerprint density at radius 2 is 1.67 bits per heavy atom. The number of rotatable bonds is 22. The van der Waals surface area contributed by atoms with Gasteiger partial charge in [-0.25, -0.2) is 14.4 Å². The van der Waals surface area contributed by atoms with Crippen molar-refractivity contribution >= 4 is 82.4 Å². The Labute approximate surface area is 511 Å². The molecule has 0 aliphatic carbocycles. The number of unbranched alkanes of at least 4 members (excludes halogenated alkanes) is 2. The first-order chi connectivity index (χ1) is 41.0. The van der Waals surface area contributed by atoms with Crippen molar-refractivity contribution in [1.29, 1.82) is 0 Å². The molecule has 2 aromatic rings. The lowest BCUT2D eigenvalue weighted by molar-refractivity contribution is -0.158. The number of nitrogens with zero attached hydrogens (tertiary/aromatic N) is 3. The maximum absolute atomic E-state index is 14.5. The van der Waals surface area contributed by atoms with Crippen molar-refractivity contribution in [2.75, 3.05) is 51.6 Å². The molecule has 2 fully saturated rings. The largest absolute Gasteiger partial charge is 0.495 e. The van der Waals surface area contributed by atoms with E-state index in [4.69, 9.17) is 41.0 Å². The number of urea groups is 1. The van der Waals surface area contributed by atoms with Gasteiger partial charge in [-0.05, 0) is 107 Å². The maximum Gasteiger partial charge on any atom is 0.409 e. The molecule has 0 radical (unpaired) electrons. The molecule has 10 amide bonds. The van der Waals surface area contributed by atoms with E-state index in [1.165, 1.54) is 70.5 Å². The smallest absolute Gasteiger partial charge is 0.409 e. The van der Waals surface area contributed by atoms with Crippen LogP contribution in [0.4, 0.5) is 21.0 Å². The number of allylic oxidation sites excluding steroid dienone is 3. The van der Waals surface area contributed by atoms with Gasteiger partial charge in [-0.2, -0.15) is 0 Å². The lowest BCUT2D eigenvalue weighted by Gasteiger charge is -2.42. The summed E-state index contributed by atoms with van der Waals surface area (Å²) in [4.78, 5) is 136. The number of amides is 10. The second kappa shape index (κ2) is 29.7. The molecule has 4 heterocycles. The molecule has 4 aliphatic rings. The van der Waals surface area contributed by atoms with Crippen LogP contribution in [0, 0.1) is 18.8 Å². The van der Waals surface area contributed by atoms with Gasteiger partial charge < -0.3 is 65.6 Å². The summed E-state index contributed by atoms with van der Waals surface area (Å²) in [5, 5.41) is 25.4. The molecule has 87 heavy (non-hydrogen) atoms. The maximum atomic E-state index is 14.5. The topological polar surface area (TPSA) is 336 Å². The van der Waals surface area contributed by atoms with Crippen LogP contribution in [0.15, 0.2) is 66.3 Å². The second-order valence-corrected chi connectivity index (χ2v) is 23.5. The van der Waals surface area contributed by atoms with Crippen molar-refractivity contribution in [3.63, 3.8) is 0 Å². The van der Waals surface area contributed by atoms with Gasteiger partial charge in [0.05, 0.1) is 25.3 Å². The minimum Gasteiger partial charge on any atom is -0.495 e. The number of benzene rings is 2. The fourth-order valence-electron chi connectivity index (χ4n) is 10.8. The van der Waals surface area contributed by atoms with Crippen molar-refractivity contribution in [3.05, 3.63) is 88.0 Å². The number of aliphatic hydroxyl groups is 1. The van der Waals surface area contributed by atoms with Crippen molar-refractivity contribution in [3.8, 4) is 5.75 Å². The number of hydrogen-bond donors (Lipinski definition) is 7. The molecule has 0 spiro atoms. The molecule has 6 rings (SSSR count). The molecule has 2 saturated heterocycles. The van der Waals surface area contributed by atoms with E-state index < -0.39 is 120 Å². The highest BCUT2D eigenvalue weighted by Crippen LogP contribution is 2.49. The number of imide groups is 1. The summed E-state index contributed by atoms with van der Waals surface area (Å²) in [5.41, 5.74) is 4.73. The Hall–Kier alpha value is -7.87. The number of esters is 1. The number of halogens is 1. The number of nitrogens with one attached hydrogen (secondary N) is 5. The van der Waals surface area contributed by atoms with Gasteiger partial charge in [-0.15, -0.1) is 0 Å². The van der Waals surface area contributed by atoms with Crippen LogP contribution in [0.25, 0.3) is 0 Å². The molecular weight excluding hydrogens is 1150 g/mol. The number of methoxy groups -OCH3 is 2. The Morgan fingerprint density at radius 3 is 2.31 bits per heavy atom. The zero-order valence-electron chi connectivity index (χ0n) is 51.1. The van der Waals surface area contributed by atoms with E-state index >= 15 is 0 Å². The van der Waals surface area contributed by atoms with E-state index in [2.05, 4.69) is 26.6 Å². The number of aryl methyl sites for hydroxylation is 1. The monoisotopic (exact) mass is 1230 g/mol. The van der Waals surface area contributed by atoms with Crippen LogP contribution in [-0.4, -0.2) is 170 Å². The molecule has 0 unspecified atom stereocenters. The third-order valence-corrected chi connectivity index (χ3v) is 16.6. The van der Waals surface area contributed by atoms with Gasteiger partial charge in [0.15, 0.2) is 5.72 Å². The molecule has 8 N–H and O–H groups in total. The fourth-order valence-corrected chi connectivity index (χ4v) is 11.1. The van der Waals surface area contributed by atoms with Crippen LogP contribution in [0.3, 0.4) is 0 Å². The number of nitrogens with two attached hydrogens (primary N) is 1. The van der Waals surface area contributed by atoms with Gasteiger partial charge in [0, 0.05) is 76.5 Å². The van der Waals surface area contributed by atoms with Gasteiger partial charge in [-0.3, -0.25) is 43.8 Å². The number of alkyl carbamates (subject to hydrolysis) is 1. The van der Waals surface area contributed by atoms with Crippen molar-refractivity contribution in [2.45, 2.75) is 160 Å². The van der Waals surface area contributed by atoms with Crippen LogP contribution in [-0.2, 0) is 58.9 Å². The lowest BCUT2D eigenvalue weighted by Crippen LogP contribution is -2.63. The van der Waals surface area contributed by atoms with E-state index in [1.807, 2.05) is 13.0 Å². The number of ether oxygens (including phenoxy) is 5. The highest BCUT2D eigenvalue weighted by Gasteiger charge is 2.64. The summed E-state index contributed by atoms with van der Waals surface area (Å²) in [6.07, 6.45) is 4.21. The van der Waals surface area contributed by atoms with E-state index in [0.29, 0.717) is 42.7 Å². The molecule has 2 aromatic carbocycles. The summed E-state index contributed by atoms with van der Waals surface area (Å²) in [5.74, 6) is -5.23. The third-order valence-electron chi connectivity index (χ3n) is 16.2.